The van der Waals surface area contributed by atoms with E-state index in [9.17, 15) is 0 Å². The second-order valence-electron chi connectivity index (χ2n) is 5.59. The smallest absolute Gasteiger partial charge is 0.147 e. The van der Waals surface area contributed by atoms with Crippen molar-refractivity contribution in [3.63, 3.8) is 0 Å². The summed E-state index contributed by atoms with van der Waals surface area (Å²) in [6, 6.07) is 0. The molecule has 0 fully saturated rings. The minimum absolute atomic E-state index is 0.0819. The zero-order valence-corrected chi connectivity index (χ0v) is 12.7. The lowest BCUT2D eigenvalue weighted by molar-refractivity contribution is 0.154. The second-order valence-corrected chi connectivity index (χ2v) is 5.59. The number of ether oxygens (including phenoxy) is 1. The molecule has 0 radical (unpaired) electrons. The molecule has 5 nitrogen and oxygen atoms in total. The van der Waals surface area contributed by atoms with Crippen molar-refractivity contribution in [2.75, 3.05) is 31.7 Å². The number of nitrogens with zero attached hydrogens (tertiary/aromatic N) is 3. The third-order valence-electron chi connectivity index (χ3n) is 2.64. The van der Waals surface area contributed by atoms with Gasteiger partial charge in [0.25, 0.3) is 0 Å². The molecular formula is C14H26N4O. The van der Waals surface area contributed by atoms with E-state index in [0.29, 0.717) is 6.61 Å². The first kappa shape index (κ1) is 15.9. The van der Waals surface area contributed by atoms with E-state index in [2.05, 4.69) is 41.0 Å². The summed E-state index contributed by atoms with van der Waals surface area (Å²) in [6.07, 6.45) is 3.59. The number of likely N-dealkylation sites (N-methyl/N-ethyl adjacent to an activating group) is 1. The molecule has 1 aromatic heterocycles. The highest BCUT2D eigenvalue weighted by Crippen LogP contribution is 2.08. The van der Waals surface area contributed by atoms with Gasteiger partial charge < -0.3 is 15.0 Å². The summed E-state index contributed by atoms with van der Waals surface area (Å²) in [5.74, 6) is 0.882. The Bertz CT molecular complexity index is 376. The zero-order valence-electron chi connectivity index (χ0n) is 12.7. The van der Waals surface area contributed by atoms with Gasteiger partial charge in [-0.05, 0) is 27.7 Å². The van der Waals surface area contributed by atoms with Gasteiger partial charge in [0.05, 0.1) is 18.5 Å². The molecule has 0 atom stereocenters. The molecule has 0 aliphatic heterocycles. The Hall–Kier alpha value is -1.20. The molecule has 5 heteroatoms. The number of hydrogen-bond donors (Lipinski definition) is 1. The SMILES string of the molecule is CCOCCN(C)c1cncc(CNC(C)(C)C)n1. The van der Waals surface area contributed by atoms with Crippen LogP contribution in [0.4, 0.5) is 5.82 Å². The van der Waals surface area contributed by atoms with Crippen LogP contribution in [0.15, 0.2) is 12.4 Å². The highest BCUT2D eigenvalue weighted by molar-refractivity contribution is 5.34. The molecule has 0 aromatic carbocycles. The van der Waals surface area contributed by atoms with Crippen LogP contribution in [0.5, 0.6) is 0 Å². The summed E-state index contributed by atoms with van der Waals surface area (Å²) in [5, 5.41) is 3.41. The minimum atomic E-state index is 0.0819. The van der Waals surface area contributed by atoms with Crippen LogP contribution in [0, 0.1) is 0 Å². The van der Waals surface area contributed by atoms with Gasteiger partial charge in [-0.2, -0.15) is 0 Å². The highest BCUT2D eigenvalue weighted by Gasteiger charge is 2.10. The predicted octanol–water partition coefficient (Wildman–Crippen LogP) is 1.84. The van der Waals surface area contributed by atoms with Crippen molar-refractivity contribution < 1.29 is 4.74 Å². The summed E-state index contributed by atoms with van der Waals surface area (Å²) >= 11 is 0. The van der Waals surface area contributed by atoms with Crippen LogP contribution >= 0.6 is 0 Å². The first-order chi connectivity index (χ1) is 8.92. The molecule has 0 spiro atoms. The summed E-state index contributed by atoms with van der Waals surface area (Å²) in [4.78, 5) is 10.9. The Morgan fingerprint density at radius 1 is 1.32 bits per heavy atom. The quantitative estimate of drug-likeness (QED) is 0.763. The molecule has 0 saturated heterocycles. The molecule has 0 aliphatic carbocycles. The van der Waals surface area contributed by atoms with E-state index in [1.165, 1.54) is 0 Å². The first-order valence-corrected chi connectivity index (χ1v) is 6.77. The number of nitrogens with one attached hydrogen (secondary N) is 1. The van der Waals surface area contributed by atoms with Gasteiger partial charge in [-0.1, -0.05) is 0 Å². The van der Waals surface area contributed by atoms with E-state index in [1.54, 1.807) is 12.4 Å². The van der Waals surface area contributed by atoms with Crippen LogP contribution in [0.25, 0.3) is 0 Å². The standard InChI is InChI=1S/C14H26N4O/c1-6-19-8-7-18(5)13-11-15-9-12(17-13)10-16-14(2,3)4/h9,11,16H,6-8,10H2,1-5H3. The van der Waals surface area contributed by atoms with Crippen LogP contribution < -0.4 is 10.2 Å². The molecule has 0 amide bonds. The Balaban J connectivity index is 2.56. The summed E-state index contributed by atoms with van der Waals surface area (Å²) < 4.78 is 5.35. The lowest BCUT2D eigenvalue weighted by Gasteiger charge is -2.21. The zero-order chi connectivity index (χ0) is 14.3. The molecule has 19 heavy (non-hydrogen) atoms. The van der Waals surface area contributed by atoms with Crippen LogP contribution in [-0.4, -0.2) is 42.3 Å². The van der Waals surface area contributed by atoms with E-state index >= 15 is 0 Å². The van der Waals surface area contributed by atoms with Crippen LogP contribution in [0.2, 0.25) is 0 Å². The molecule has 0 unspecified atom stereocenters. The fourth-order valence-corrected chi connectivity index (χ4v) is 1.48. The van der Waals surface area contributed by atoms with Crippen molar-refractivity contribution in [1.29, 1.82) is 0 Å². The molecular weight excluding hydrogens is 240 g/mol. The average molecular weight is 266 g/mol. The molecule has 0 bridgehead atoms. The lowest BCUT2D eigenvalue weighted by atomic mass is 10.1. The maximum absolute atomic E-state index is 5.35. The normalized spacial score (nSPS) is 11.6. The number of anilines is 1. The monoisotopic (exact) mass is 266 g/mol. The molecule has 1 heterocycles. The number of rotatable bonds is 7. The van der Waals surface area contributed by atoms with Crippen molar-refractivity contribution >= 4 is 5.82 Å². The summed E-state index contributed by atoms with van der Waals surface area (Å²) in [5.41, 5.74) is 1.04. The van der Waals surface area contributed by atoms with Crippen LogP contribution in [0.1, 0.15) is 33.4 Å². The van der Waals surface area contributed by atoms with Gasteiger partial charge in [0.2, 0.25) is 0 Å². The van der Waals surface area contributed by atoms with Crippen LogP contribution in [0.3, 0.4) is 0 Å². The molecule has 1 aromatic rings. The van der Waals surface area contributed by atoms with E-state index in [1.807, 2.05) is 14.0 Å². The largest absolute Gasteiger partial charge is 0.380 e. The third kappa shape index (κ3) is 6.50. The second kappa shape index (κ2) is 7.40. The average Bonchev–Trinajstić information content (AvgIpc) is 2.36. The molecule has 0 saturated carbocycles. The van der Waals surface area contributed by atoms with Crippen LogP contribution in [-0.2, 0) is 11.3 Å². The Labute approximate surface area is 116 Å². The first-order valence-electron chi connectivity index (χ1n) is 6.77. The minimum Gasteiger partial charge on any atom is -0.380 e. The maximum atomic E-state index is 5.35. The molecule has 1 N–H and O–H groups in total. The van der Waals surface area contributed by atoms with E-state index in [-0.39, 0.29) is 5.54 Å². The number of aromatic nitrogens is 2. The topological polar surface area (TPSA) is 50.3 Å². The summed E-state index contributed by atoms with van der Waals surface area (Å²) in [7, 11) is 2.00. The Morgan fingerprint density at radius 3 is 2.68 bits per heavy atom. The highest BCUT2D eigenvalue weighted by atomic mass is 16.5. The van der Waals surface area contributed by atoms with Crippen molar-refractivity contribution in [3.05, 3.63) is 18.1 Å². The lowest BCUT2D eigenvalue weighted by Crippen LogP contribution is -2.35. The Morgan fingerprint density at radius 2 is 2.05 bits per heavy atom. The van der Waals surface area contributed by atoms with Gasteiger partial charge in [-0.3, -0.25) is 4.98 Å². The maximum Gasteiger partial charge on any atom is 0.147 e. The molecule has 108 valence electrons. The van der Waals surface area contributed by atoms with Gasteiger partial charge in [-0.25, -0.2) is 4.98 Å². The third-order valence-corrected chi connectivity index (χ3v) is 2.64. The van der Waals surface area contributed by atoms with Gasteiger partial charge in [-0.15, -0.1) is 0 Å². The Kier molecular flexibility index (Phi) is 6.18. The van der Waals surface area contributed by atoms with E-state index in [0.717, 1.165) is 31.2 Å². The van der Waals surface area contributed by atoms with Crippen molar-refractivity contribution in [2.24, 2.45) is 0 Å². The van der Waals surface area contributed by atoms with E-state index < -0.39 is 0 Å². The van der Waals surface area contributed by atoms with Crippen molar-refractivity contribution in [2.45, 2.75) is 39.8 Å². The van der Waals surface area contributed by atoms with Gasteiger partial charge in [0.1, 0.15) is 5.82 Å². The predicted molar refractivity (Wildman–Crippen MR) is 78.4 cm³/mol. The molecule has 0 aliphatic rings. The van der Waals surface area contributed by atoms with E-state index in [4.69, 9.17) is 4.74 Å². The molecule has 1 rings (SSSR count). The van der Waals surface area contributed by atoms with Gasteiger partial charge in [0.15, 0.2) is 0 Å². The van der Waals surface area contributed by atoms with Crippen molar-refractivity contribution in [1.82, 2.24) is 15.3 Å². The number of hydrogen-bond acceptors (Lipinski definition) is 5. The van der Waals surface area contributed by atoms with Gasteiger partial charge >= 0.3 is 0 Å². The van der Waals surface area contributed by atoms with Crippen molar-refractivity contribution in [3.8, 4) is 0 Å². The fourth-order valence-electron chi connectivity index (χ4n) is 1.48. The summed E-state index contributed by atoms with van der Waals surface area (Å²) in [6.45, 7) is 11.4. The van der Waals surface area contributed by atoms with Gasteiger partial charge in [0, 0.05) is 38.5 Å². The fraction of sp³-hybridized carbons (Fsp3) is 0.714.